The summed E-state index contributed by atoms with van der Waals surface area (Å²) in [6.07, 6.45) is 4.32. The van der Waals surface area contributed by atoms with E-state index in [0.717, 1.165) is 31.6 Å². The summed E-state index contributed by atoms with van der Waals surface area (Å²) < 4.78 is 5.27. The fourth-order valence-electron chi connectivity index (χ4n) is 3.43. The quantitative estimate of drug-likeness (QED) is 0.712. The summed E-state index contributed by atoms with van der Waals surface area (Å²) in [4.78, 5) is 13.3. The molecular weight excluding hydrogens is 266 g/mol. The third kappa shape index (κ3) is 3.19. The first-order chi connectivity index (χ1) is 9.82. The van der Waals surface area contributed by atoms with Crippen LogP contribution in [0.3, 0.4) is 0 Å². The van der Waals surface area contributed by atoms with Crippen LogP contribution in [0.4, 0.5) is 4.79 Å². The third-order valence-electron chi connectivity index (χ3n) is 5.12. The fraction of sp³-hybridized carbons (Fsp3) is 0.938. The van der Waals surface area contributed by atoms with Crippen molar-refractivity contribution < 1.29 is 9.53 Å². The van der Waals surface area contributed by atoms with Crippen molar-refractivity contribution in [1.82, 2.24) is 15.5 Å². The number of nitrogens with zero attached hydrogens (tertiary/aromatic N) is 1. The van der Waals surface area contributed by atoms with E-state index in [1.165, 1.54) is 32.4 Å². The first kappa shape index (κ1) is 15.1. The zero-order valence-corrected chi connectivity index (χ0v) is 13.6. The Morgan fingerprint density at radius 3 is 1.76 bits per heavy atom. The van der Waals surface area contributed by atoms with Gasteiger partial charge in [0, 0.05) is 44.7 Å². The Morgan fingerprint density at radius 1 is 1.00 bits per heavy atom. The number of ether oxygens (including phenoxy) is 1. The lowest BCUT2D eigenvalue weighted by atomic mass is 9.65. The number of nitrogens with one attached hydrogen (secondary N) is 2. The Morgan fingerprint density at radius 2 is 1.52 bits per heavy atom. The van der Waals surface area contributed by atoms with Gasteiger partial charge in [-0.1, -0.05) is 6.42 Å². The van der Waals surface area contributed by atoms with Crippen LogP contribution in [0.15, 0.2) is 0 Å². The molecule has 1 amide bonds. The van der Waals surface area contributed by atoms with Crippen molar-refractivity contribution in [2.75, 3.05) is 39.3 Å². The van der Waals surface area contributed by atoms with Gasteiger partial charge in [-0.05, 0) is 39.0 Å². The molecule has 0 radical (unpaired) electrons. The molecule has 1 saturated carbocycles. The molecule has 5 heteroatoms. The van der Waals surface area contributed by atoms with Gasteiger partial charge in [0.1, 0.15) is 5.60 Å². The summed E-state index contributed by atoms with van der Waals surface area (Å²) in [7, 11) is 0. The average Bonchev–Trinajstić information content (AvgIpc) is 2.04. The first-order valence-corrected chi connectivity index (χ1v) is 8.21. The van der Waals surface area contributed by atoms with Gasteiger partial charge in [0.25, 0.3) is 0 Å². The fourth-order valence-corrected chi connectivity index (χ4v) is 3.43. The van der Waals surface area contributed by atoms with Gasteiger partial charge in [0.2, 0.25) is 0 Å². The highest BCUT2D eigenvalue weighted by Gasteiger charge is 2.50. The van der Waals surface area contributed by atoms with Crippen LogP contribution in [0.25, 0.3) is 0 Å². The Hall–Kier alpha value is -0.810. The molecule has 0 aromatic heterocycles. The number of hydrogen-bond acceptors (Lipinski definition) is 4. The second kappa shape index (κ2) is 5.13. The summed E-state index contributed by atoms with van der Waals surface area (Å²) in [6, 6.07) is 0. The third-order valence-corrected chi connectivity index (χ3v) is 5.12. The highest BCUT2D eigenvalue weighted by atomic mass is 16.6. The lowest BCUT2D eigenvalue weighted by Gasteiger charge is -2.55. The molecule has 2 N–H and O–H groups in total. The minimum Gasteiger partial charge on any atom is -0.444 e. The van der Waals surface area contributed by atoms with Crippen LogP contribution in [0, 0.1) is 10.8 Å². The van der Waals surface area contributed by atoms with E-state index < -0.39 is 0 Å². The molecular formula is C16H29N3O2. The van der Waals surface area contributed by atoms with Gasteiger partial charge < -0.3 is 20.3 Å². The smallest absolute Gasteiger partial charge is 0.410 e. The van der Waals surface area contributed by atoms with E-state index in [1.807, 2.05) is 20.8 Å². The molecule has 4 aliphatic rings. The molecule has 1 aliphatic carbocycles. The Kier molecular flexibility index (Phi) is 3.69. The molecule has 0 atom stereocenters. The molecule has 2 spiro atoms. The van der Waals surface area contributed by atoms with E-state index >= 15 is 0 Å². The number of carbonyl (C=O) groups excluding carboxylic acids is 1. The van der Waals surface area contributed by atoms with E-state index in [1.54, 1.807) is 4.90 Å². The standard InChI is InChI=1S/C10H18N2O2.C6H11N/c1-9(2,3)14-8(13)12-6-10(7-12)4-11-5-10;1-2-6(3-1)4-7-5-6/h11H,4-7H2,1-3H3;7H,1-5H2. The lowest BCUT2D eigenvalue weighted by Crippen LogP contribution is -2.72. The Bertz CT molecular complexity index is 381. The van der Waals surface area contributed by atoms with E-state index in [4.69, 9.17) is 4.74 Å². The molecule has 5 nitrogen and oxygen atoms in total. The summed E-state index contributed by atoms with van der Waals surface area (Å²) in [5.41, 5.74) is 0.842. The number of hydrogen-bond donors (Lipinski definition) is 2. The average molecular weight is 295 g/mol. The second-order valence-corrected chi connectivity index (χ2v) is 8.40. The van der Waals surface area contributed by atoms with Crippen molar-refractivity contribution >= 4 is 6.09 Å². The van der Waals surface area contributed by atoms with Gasteiger partial charge in [0.05, 0.1) is 0 Å². The molecule has 3 heterocycles. The maximum Gasteiger partial charge on any atom is 0.410 e. The molecule has 0 bridgehead atoms. The van der Waals surface area contributed by atoms with Crippen LogP contribution in [-0.4, -0.2) is 55.9 Å². The van der Waals surface area contributed by atoms with E-state index in [9.17, 15) is 4.79 Å². The van der Waals surface area contributed by atoms with Gasteiger partial charge in [-0.3, -0.25) is 0 Å². The maximum absolute atomic E-state index is 11.6. The van der Waals surface area contributed by atoms with Crippen molar-refractivity contribution in [3.8, 4) is 0 Å². The Labute approximate surface area is 127 Å². The van der Waals surface area contributed by atoms with Gasteiger partial charge in [-0.25, -0.2) is 4.79 Å². The number of carbonyl (C=O) groups is 1. The van der Waals surface area contributed by atoms with Gasteiger partial charge in [-0.15, -0.1) is 0 Å². The van der Waals surface area contributed by atoms with Gasteiger partial charge >= 0.3 is 6.09 Å². The number of likely N-dealkylation sites (tertiary alicyclic amines) is 1. The Balaban J connectivity index is 0.000000156. The lowest BCUT2D eigenvalue weighted by molar-refractivity contribution is -0.0553. The molecule has 21 heavy (non-hydrogen) atoms. The molecule has 4 rings (SSSR count). The first-order valence-electron chi connectivity index (χ1n) is 8.21. The molecule has 0 unspecified atom stereocenters. The normalized spacial score (nSPS) is 27.5. The van der Waals surface area contributed by atoms with E-state index in [2.05, 4.69) is 10.6 Å². The van der Waals surface area contributed by atoms with E-state index in [-0.39, 0.29) is 11.7 Å². The molecule has 0 aromatic carbocycles. The second-order valence-electron chi connectivity index (χ2n) is 8.40. The SMILES string of the molecule is C1CC2(C1)CNC2.CC(C)(C)OC(=O)N1CC2(CNC2)C1. The van der Waals surface area contributed by atoms with E-state index in [0.29, 0.717) is 5.41 Å². The highest BCUT2D eigenvalue weighted by molar-refractivity contribution is 5.69. The zero-order valence-electron chi connectivity index (χ0n) is 13.6. The van der Waals surface area contributed by atoms with Crippen LogP contribution in [0.5, 0.6) is 0 Å². The molecule has 3 aliphatic heterocycles. The predicted molar refractivity (Wildman–Crippen MR) is 82.3 cm³/mol. The summed E-state index contributed by atoms with van der Waals surface area (Å²) >= 11 is 0. The topological polar surface area (TPSA) is 53.6 Å². The molecule has 4 fully saturated rings. The van der Waals surface area contributed by atoms with Crippen LogP contribution in [0.2, 0.25) is 0 Å². The van der Waals surface area contributed by atoms with Crippen molar-refractivity contribution in [3.05, 3.63) is 0 Å². The monoisotopic (exact) mass is 295 g/mol. The number of amides is 1. The molecule has 120 valence electrons. The van der Waals surface area contributed by atoms with Crippen LogP contribution < -0.4 is 10.6 Å². The number of rotatable bonds is 0. The summed E-state index contributed by atoms with van der Waals surface area (Å²) in [5, 5.41) is 6.54. The van der Waals surface area contributed by atoms with Gasteiger partial charge in [0.15, 0.2) is 0 Å². The van der Waals surface area contributed by atoms with Crippen molar-refractivity contribution in [3.63, 3.8) is 0 Å². The highest BCUT2D eigenvalue weighted by Crippen LogP contribution is 2.43. The zero-order chi connectivity index (χ0) is 15.1. The van der Waals surface area contributed by atoms with Crippen LogP contribution in [-0.2, 0) is 4.74 Å². The van der Waals surface area contributed by atoms with Crippen molar-refractivity contribution in [2.24, 2.45) is 10.8 Å². The summed E-state index contributed by atoms with van der Waals surface area (Å²) in [6.45, 7) is 12.1. The van der Waals surface area contributed by atoms with Crippen LogP contribution in [0.1, 0.15) is 40.0 Å². The van der Waals surface area contributed by atoms with Crippen molar-refractivity contribution in [2.45, 2.75) is 45.6 Å². The minimum absolute atomic E-state index is 0.171. The summed E-state index contributed by atoms with van der Waals surface area (Å²) in [5.74, 6) is 0. The van der Waals surface area contributed by atoms with Crippen LogP contribution >= 0.6 is 0 Å². The largest absolute Gasteiger partial charge is 0.444 e. The molecule has 3 saturated heterocycles. The molecule has 0 aromatic rings. The van der Waals surface area contributed by atoms with Crippen molar-refractivity contribution in [1.29, 1.82) is 0 Å². The van der Waals surface area contributed by atoms with Gasteiger partial charge in [-0.2, -0.15) is 0 Å². The predicted octanol–water partition coefficient (Wildman–Crippen LogP) is 1.59. The minimum atomic E-state index is -0.377. The maximum atomic E-state index is 11.6.